The Morgan fingerprint density at radius 3 is 2.42 bits per heavy atom. The number of unbranched alkanes of at least 4 members (excludes halogenated alkanes) is 1. The Morgan fingerprint density at radius 2 is 2.00 bits per heavy atom. The molecule has 0 unspecified atom stereocenters. The Bertz CT molecular complexity index is 433. The first-order valence-corrected chi connectivity index (χ1v) is 6.91. The average Bonchev–Trinajstić information content (AvgIpc) is 2.62. The maximum Gasteiger partial charge on any atom is 0.316 e. The van der Waals surface area contributed by atoms with Crippen molar-refractivity contribution in [2.75, 3.05) is 0 Å². The number of allylic oxidation sites excluding steroid dienone is 4. The normalized spacial score (nSPS) is 18.4. The minimum absolute atomic E-state index is 0.00897. The minimum atomic E-state index is -0.553. The Labute approximate surface area is 115 Å². The first kappa shape index (κ1) is 15.7. The highest BCUT2D eigenvalue weighted by Crippen LogP contribution is 2.29. The van der Waals surface area contributed by atoms with E-state index in [1.54, 1.807) is 6.08 Å². The van der Waals surface area contributed by atoms with Crippen molar-refractivity contribution in [3.8, 4) is 0 Å². The monoisotopic (exact) mass is 264 g/mol. The molecule has 0 saturated heterocycles. The summed E-state index contributed by atoms with van der Waals surface area (Å²) < 4.78 is 5.51. The van der Waals surface area contributed by atoms with Crippen molar-refractivity contribution >= 4 is 11.8 Å². The fourth-order valence-electron chi connectivity index (χ4n) is 1.83. The smallest absolute Gasteiger partial charge is 0.316 e. The largest absolute Gasteiger partial charge is 0.430 e. The fourth-order valence-corrected chi connectivity index (χ4v) is 1.83. The molecule has 0 bridgehead atoms. The van der Waals surface area contributed by atoms with Gasteiger partial charge in [0.15, 0.2) is 5.78 Å². The third-order valence-electron chi connectivity index (χ3n) is 3.05. The summed E-state index contributed by atoms with van der Waals surface area (Å²) in [6.07, 6.45) is 4.81. The molecule has 3 nitrogen and oxygen atoms in total. The molecule has 0 saturated carbocycles. The van der Waals surface area contributed by atoms with Crippen molar-refractivity contribution in [2.24, 2.45) is 5.41 Å². The molecule has 0 fully saturated rings. The third kappa shape index (κ3) is 4.34. The number of hydrogen-bond donors (Lipinski definition) is 0. The van der Waals surface area contributed by atoms with E-state index < -0.39 is 5.41 Å². The van der Waals surface area contributed by atoms with Crippen LogP contribution >= 0.6 is 0 Å². The van der Waals surface area contributed by atoms with E-state index in [-0.39, 0.29) is 11.8 Å². The molecule has 106 valence electrons. The van der Waals surface area contributed by atoms with Crippen LogP contribution in [0, 0.1) is 5.41 Å². The van der Waals surface area contributed by atoms with Crippen LogP contribution in [-0.4, -0.2) is 11.8 Å². The Hall–Kier alpha value is -1.38. The summed E-state index contributed by atoms with van der Waals surface area (Å²) in [7, 11) is 0. The van der Waals surface area contributed by atoms with Crippen LogP contribution in [0.2, 0.25) is 0 Å². The van der Waals surface area contributed by atoms with Crippen molar-refractivity contribution in [3.05, 3.63) is 23.0 Å². The van der Waals surface area contributed by atoms with Gasteiger partial charge in [0.1, 0.15) is 5.76 Å². The van der Waals surface area contributed by atoms with Crippen LogP contribution in [0.25, 0.3) is 0 Å². The molecule has 19 heavy (non-hydrogen) atoms. The molecule has 0 aromatic rings. The quantitative estimate of drug-likeness (QED) is 0.439. The number of rotatable bonds is 4. The van der Waals surface area contributed by atoms with Gasteiger partial charge in [0.25, 0.3) is 0 Å². The summed E-state index contributed by atoms with van der Waals surface area (Å²) in [6.45, 7) is 9.45. The van der Waals surface area contributed by atoms with Gasteiger partial charge in [0, 0.05) is 18.4 Å². The molecule has 0 amide bonds. The molecule has 0 aliphatic heterocycles. The number of esters is 1. The van der Waals surface area contributed by atoms with E-state index in [4.69, 9.17) is 4.74 Å². The average molecular weight is 264 g/mol. The van der Waals surface area contributed by atoms with E-state index in [1.807, 2.05) is 27.7 Å². The molecule has 1 aliphatic carbocycles. The van der Waals surface area contributed by atoms with Gasteiger partial charge in [-0.05, 0) is 40.2 Å². The molecular weight excluding hydrogens is 240 g/mol. The lowest BCUT2D eigenvalue weighted by molar-refractivity contribution is -0.148. The van der Waals surface area contributed by atoms with Crippen LogP contribution in [-0.2, 0) is 14.3 Å². The van der Waals surface area contributed by atoms with Gasteiger partial charge < -0.3 is 4.74 Å². The Morgan fingerprint density at radius 1 is 1.37 bits per heavy atom. The molecule has 1 aliphatic rings. The minimum Gasteiger partial charge on any atom is -0.430 e. The van der Waals surface area contributed by atoms with E-state index in [1.165, 1.54) is 0 Å². The summed E-state index contributed by atoms with van der Waals surface area (Å²) in [4.78, 5) is 23.9. The van der Waals surface area contributed by atoms with Crippen molar-refractivity contribution in [3.63, 3.8) is 0 Å². The van der Waals surface area contributed by atoms with Gasteiger partial charge in [0.05, 0.1) is 5.41 Å². The maximum atomic E-state index is 12.0. The van der Waals surface area contributed by atoms with Gasteiger partial charge in [-0.15, -0.1) is 0 Å². The van der Waals surface area contributed by atoms with E-state index >= 15 is 0 Å². The van der Waals surface area contributed by atoms with Crippen molar-refractivity contribution < 1.29 is 14.3 Å². The first-order valence-electron chi connectivity index (χ1n) is 6.91. The molecule has 0 aromatic heterocycles. The number of carbonyl (C=O) groups excluding carboxylic acids is 2. The molecule has 3 heteroatoms. The molecule has 0 heterocycles. The number of ether oxygens (including phenoxy) is 1. The Kier molecular flexibility index (Phi) is 5.10. The SMILES string of the molecule is CCCC/C(OC(=O)C(C)(C)C)=C1\CC(C)=CC1=O. The molecule has 0 atom stereocenters. The van der Waals surface area contributed by atoms with Gasteiger partial charge in [-0.25, -0.2) is 0 Å². The second kappa shape index (κ2) is 6.18. The van der Waals surface area contributed by atoms with Gasteiger partial charge in [-0.3, -0.25) is 9.59 Å². The summed E-state index contributed by atoms with van der Waals surface area (Å²) in [5.41, 5.74) is 1.13. The maximum absolute atomic E-state index is 12.0. The fraction of sp³-hybridized carbons (Fsp3) is 0.625. The van der Waals surface area contributed by atoms with E-state index in [2.05, 4.69) is 6.92 Å². The van der Waals surface area contributed by atoms with Gasteiger partial charge >= 0.3 is 5.97 Å². The van der Waals surface area contributed by atoms with E-state index in [0.717, 1.165) is 18.4 Å². The molecule has 0 N–H and O–H groups in total. The summed E-state index contributed by atoms with van der Waals surface area (Å²) in [5.74, 6) is 0.286. The van der Waals surface area contributed by atoms with Crippen molar-refractivity contribution in [2.45, 2.75) is 60.3 Å². The lowest BCUT2D eigenvalue weighted by Gasteiger charge is -2.19. The molecule has 0 radical (unpaired) electrons. The number of ketones is 1. The van der Waals surface area contributed by atoms with Crippen LogP contribution in [0.3, 0.4) is 0 Å². The topological polar surface area (TPSA) is 43.4 Å². The molecule has 0 spiro atoms. The second-order valence-corrected chi connectivity index (χ2v) is 6.18. The summed E-state index contributed by atoms with van der Waals surface area (Å²) in [5, 5.41) is 0. The lowest BCUT2D eigenvalue weighted by Crippen LogP contribution is -2.23. The number of carbonyl (C=O) groups is 2. The van der Waals surface area contributed by atoms with Gasteiger partial charge in [0.2, 0.25) is 0 Å². The molecule has 1 rings (SSSR count). The van der Waals surface area contributed by atoms with Gasteiger partial charge in [-0.1, -0.05) is 18.9 Å². The lowest BCUT2D eigenvalue weighted by atomic mass is 9.97. The van der Waals surface area contributed by atoms with Crippen LogP contribution in [0.4, 0.5) is 0 Å². The molecular formula is C16H24O3. The number of hydrogen-bond acceptors (Lipinski definition) is 3. The standard InChI is InChI=1S/C16H24O3/c1-6-7-8-14(19-15(18)16(3,4)5)12-9-11(2)10-13(12)17/h10H,6-9H2,1-5H3/b14-12-. The molecule has 0 aromatic carbocycles. The zero-order valence-corrected chi connectivity index (χ0v) is 12.6. The predicted molar refractivity (Wildman–Crippen MR) is 75.5 cm³/mol. The summed E-state index contributed by atoms with van der Waals surface area (Å²) >= 11 is 0. The zero-order chi connectivity index (χ0) is 14.6. The Balaban J connectivity index is 2.94. The highest BCUT2D eigenvalue weighted by atomic mass is 16.5. The van der Waals surface area contributed by atoms with Crippen LogP contribution in [0.5, 0.6) is 0 Å². The van der Waals surface area contributed by atoms with Crippen LogP contribution in [0.15, 0.2) is 23.0 Å². The zero-order valence-electron chi connectivity index (χ0n) is 12.6. The van der Waals surface area contributed by atoms with E-state index in [0.29, 0.717) is 24.2 Å². The van der Waals surface area contributed by atoms with Crippen molar-refractivity contribution in [1.82, 2.24) is 0 Å². The van der Waals surface area contributed by atoms with Gasteiger partial charge in [-0.2, -0.15) is 0 Å². The highest BCUT2D eigenvalue weighted by Gasteiger charge is 2.28. The predicted octanol–water partition coefficient (Wildman–Crippen LogP) is 3.94. The second-order valence-electron chi connectivity index (χ2n) is 6.18. The third-order valence-corrected chi connectivity index (χ3v) is 3.05. The van der Waals surface area contributed by atoms with E-state index in [9.17, 15) is 9.59 Å². The van der Waals surface area contributed by atoms with Crippen LogP contribution < -0.4 is 0 Å². The summed E-state index contributed by atoms with van der Waals surface area (Å²) in [6, 6.07) is 0. The highest BCUT2D eigenvalue weighted by molar-refractivity contribution is 6.07. The van der Waals surface area contributed by atoms with Crippen molar-refractivity contribution in [1.29, 1.82) is 0 Å². The first-order chi connectivity index (χ1) is 8.75. The van der Waals surface area contributed by atoms with Crippen LogP contribution in [0.1, 0.15) is 60.3 Å².